The summed E-state index contributed by atoms with van der Waals surface area (Å²) in [6, 6.07) is 10.3. The molecule has 27 heavy (non-hydrogen) atoms. The van der Waals surface area contributed by atoms with Crippen LogP contribution in [-0.2, 0) is 22.7 Å². The highest BCUT2D eigenvalue weighted by molar-refractivity contribution is 5.78. The predicted molar refractivity (Wildman–Crippen MR) is 107 cm³/mol. The molecule has 1 aromatic heterocycles. The fourth-order valence-electron chi connectivity index (χ4n) is 3.84. The fraction of sp³-hybridized carbons (Fsp3) is 0.522. The van der Waals surface area contributed by atoms with E-state index in [4.69, 9.17) is 9.47 Å². The molecular formula is C23H31NO3. The van der Waals surface area contributed by atoms with Crippen LogP contribution in [0.25, 0.3) is 0 Å². The lowest BCUT2D eigenvalue weighted by atomic mass is 10.0. The molecule has 0 spiro atoms. The second-order valence-corrected chi connectivity index (χ2v) is 8.67. The van der Waals surface area contributed by atoms with Crippen LogP contribution < -0.4 is 4.74 Å². The standard InChI is InChI=1S/C23H31NO3/c1-6-13-26-19-9-7-17(8-10-19)14-18-11-12-24(15-18)16-27-21(25)20-22(2,3)23(20,4)5/h7-12,15,20H,6,13-14,16H2,1-5H3. The monoisotopic (exact) mass is 369 g/mol. The van der Waals surface area contributed by atoms with E-state index in [9.17, 15) is 4.79 Å². The van der Waals surface area contributed by atoms with Crippen LogP contribution in [0.4, 0.5) is 0 Å². The van der Waals surface area contributed by atoms with Crippen molar-refractivity contribution in [3.8, 4) is 5.75 Å². The van der Waals surface area contributed by atoms with Crippen molar-refractivity contribution in [1.82, 2.24) is 4.57 Å². The minimum absolute atomic E-state index is 0.0128. The van der Waals surface area contributed by atoms with E-state index in [2.05, 4.69) is 52.8 Å². The highest BCUT2D eigenvalue weighted by Gasteiger charge is 2.69. The van der Waals surface area contributed by atoms with Crippen molar-refractivity contribution >= 4 is 5.97 Å². The third kappa shape index (κ3) is 4.05. The molecule has 0 atom stereocenters. The minimum atomic E-state index is -0.0945. The number of carbonyl (C=O) groups is 1. The summed E-state index contributed by atoms with van der Waals surface area (Å²) in [7, 11) is 0. The maximum absolute atomic E-state index is 12.4. The van der Waals surface area contributed by atoms with E-state index in [1.54, 1.807) is 0 Å². The van der Waals surface area contributed by atoms with Gasteiger partial charge in [0.15, 0.2) is 6.73 Å². The Kier molecular flexibility index (Phi) is 5.36. The smallest absolute Gasteiger partial charge is 0.311 e. The number of ether oxygens (including phenoxy) is 2. The molecule has 1 saturated carbocycles. The first kappa shape index (κ1) is 19.5. The van der Waals surface area contributed by atoms with E-state index in [1.165, 1.54) is 11.1 Å². The SMILES string of the molecule is CCCOc1ccc(Cc2ccn(COC(=O)C3C(C)(C)C3(C)C)c2)cc1. The quantitative estimate of drug-likeness (QED) is 0.611. The van der Waals surface area contributed by atoms with Gasteiger partial charge in [0.05, 0.1) is 12.5 Å². The summed E-state index contributed by atoms with van der Waals surface area (Å²) in [6.45, 7) is 11.6. The maximum atomic E-state index is 12.4. The number of aromatic nitrogens is 1. The van der Waals surface area contributed by atoms with E-state index in [-0.39, 0.29) is 29.4 Å². The molecule has 0 bridgehead atoms. The Balaban J connectivity index is 1.51. The average Bonchev–Trinajstić information content (AvgIpc) is 2.92. The number of benzene rings is 1. The molecule has 0 N–H and O–H groups in total. The van der Waals surface area contributed by atoms with Crippen LogP contribution in [0.3, 0.4) is 0 Å². The number of nitrogens with zero attached hydrogens (tertiary/aromatic N) is 1. The molecule has 0 amide bonds. The van der Waals surface area contributed by atoms with Crippen LogP contribution in [0.15, 0.2) is 42.7 Å². The second kappa shape index (κ2) is 7.41. The molecule has 1 aliphatic rings. The Hall–Kier alpha value is -2.23. The number of carbonyl (C=O) groups excluding carboxylic acids is 1. The van der Waals surface area contributed by atoms with Crippen LogP contribution in [-0.4, -0.2) is 17.1 Å². The van der Waals surface area contributed by atoms with Crippen molar-refractivity contribution in [3.05, 3.63) is 53.9 Å². The summed E-state index contributed by atoms with van der Waals surface area (Å²) in [4.78, 5) is 12.4. The molecule has 146 valence electrons. The van der Waals surface area contributed by atoms with Gasteiger partial charge in [-0.05, 0) is 53.0 Å². The highest BCUT2D eigenvalue weighted by atomic mass is 16.5. The van der Waals surface area contributed by atoms with Gasteiger partial charge in [0.2, 0.25) is 0 Å². The van der Waals surface area contributed by atoms with Gasteiger partial charge in [-0.15, -0.1) is 0 Å². The van der Waals surface area contributed by atoms with Gasteiger partial charge < -0.3 is 14.0 Å². The zero-order chi connectivity index (χ0) is 19.7. The molecule has 1 fully saturated rings. The van der Waals surface area contributed by atoms with Crippen LogP contribution >= 0.6 is 0 Å². The van der Waals surface area contributed by atoms with Crippen molar-refractivity contribution in [1.29, 1.82) is 0 Å². The first-order valence-corrected chi connectivity index (χ1v) is 9.78. The first-order valence-electron chi connectivity index (χ1n) is 9.78. The normalized spacial score (nSPS) is 17.5. The topological polar surface area (TPSA) is 40.5 Å². The molecule has 3 rings (SSSR count). The average molecular weight is 370 g/mol. The molecule has 4 nitrogen and oxygen atoms in total. The zero-order valence-electron chi connectivity index (χ0n) is 17.1. The molecular weight excluding hydrogens is 338 g/mol. The molecule has 0 aliphatic heterocycles. The molecule has 4 heteroatoms. The van der Waals surface area contributed by atoms with E-state index >= 15 is 0 Å². The number of rotatable bonds is 8. The molecule has 0 unspecified atom stereocenters. The Morgan fingerprint density at radius 3 is 2.30 bits per heavy atom. The first-order chi connectivity index (χ1) is 12.8. The molecule has 0 saturated heterocycles. The van der Waals surface area contributed by atoms with E-state index in [0.717, 1.165) is 25.2 Å². The highest BCUT2D eigenvalue weighted by Crippen LogP contribution is 2.68. The van der Waals surface area contributed by atoms with Gasteiger partial charge in [-0.3, -0.25) is 4.79 Å². The predicted octanol–water partition coefficient (Wildman–Crippen LogP) is 5.05. The summed E-state index contributed by atoms with van der Waals surface area (Å²) in [6.07, 6.45) is 5.86. The zero-order valence-corrected chi connectivity index (χ0v) is 17.1. The lowest BCUT2D eigenvalue weighted by Crippen LogP contribution is -2.13. The molecule has 2 aromatic rings. The molecule has 1 aliphatic carbocycles. The van der Waals surface area contributed by atoms with Crippen molar-refractivity contribution < 1.29 is 14.3 Å². The van der Waals surface area contributed by atoms with Gasteiger partial charge in [0.1, 0.15) is 5.75 Å². The summed E-state index contributed by atoms with van der Waals surface area (Å²) < 4.78 is 13.1. The lowest BCUT2D eigenvalue weighted by Gasteiger charge is -2.07. The summed E-state index contributed by atoms with van der Waals surface area (Å²) in [5, 5.41) is 0. The van der Waals surface area contributed by atoms with Crippen LogP contribution in [0.2, 0.25) is 0 Å². The van der Waals surface area contributed by atoms with Crippen molar-refractivity contribution in [2.24, 2.45) is 16.7 Å². The largest absolute Gasteiger partial charge is 0.494 e. The Morgan fingerprint density at radius 1 is 1.04 bits per heavy atom. The Morgan fingerprint density at radius 2 is 1.70 bits per heavy atom. The summed E-state index contributed by atoms with van der Waals surface area (Å²) in [5.41, 5.74) is 2.45. The maximum Gasteiger partial charge on any atom is 0.311 e. The van der Waals surface area contributed by atoms with Gasteiger partial charge in [-0.25, -0.2) is 0 Å². The number of hydrogen-bond acceptors (Lipinski definition) is 3. The van der Waals surface area contributed by atoms with Crippen molar-refractivity contribution in [3.63, 3.8) is 0 Å². The third-order valence-electron chi connectivity index (χ3n) is 6.23. The van der Waals surface area contributed by atoms with Gasteiger partial charge in [-0.1, -0.05) is 46.8 Å². The lowest BCUT2D eigenvalue weighted by molar-refractivity contribution is -0.150. The Labute approximate surface area is 162 Å². The fourth-order valence-corrected chi connectivity index (χ4v) is 3.84. The van der Waals surface area contributed by atoms with Gasteiger partial charge >= 0.3 is 5.97 Å². The van der Waals surface area contributed by atoms with Gasteiger partial charge in [0, 0.05) is 12.4 Å². The van der Waals surface area contributed by atoms with Gasteiger partial charge in [0.25, 0.3) is 0 Å². The molecule has 1 aromatic carbocycles. The second-order valence-electron chi connectivity index (χ2n) is 8.67. The van der Waals surface area contributed by atoms with E-state index < -0.39 is 0 Å². The van der Waals surface area contributed by atoms with Crippen LogP contribution in [0.1, 0.15) is 52.2 Å². The minimum Gasteiger partial charge on any atom is -0.494 e. The van der Waals surface area contributed by atoms with Crippen LogP contribution in [0.5, 0.6) is 5.75 Å². The number of hydrogen-bond donors (Lipinski definition) is 0. The molecule has 0 radical (unpaired) electrons. The van der Waals surface area contributed by atoms with Crippen molar-refractivity contribution in [2.45, 2.75) is 54.2 Å². The third-order valence-corrected chi connectivity index (χ3v) is 6.23. The summed E-state index contributed by atoms with van der Waals surface area (Å²) >= 11 is 0. The number of esters is 1. The Bertz CT molecular complexity index is 772. The van der Waals surface area contributed by atoms with E-state index in [1.807, 2.05) is 29.1 Å². The molecule has 1 heterocycles. The van der Waals surface area contributed by atoms with E-state index in [0.29, 0.717) is 0 Å². The van der Waals surface area contributed by atoms with Crippen LogP contribution in [0, 0.1) is 16.7 Å². The van der Waals surface area contributed by atoms with Gasteiger partial charge in [-0.2, -0.15) is 0 Å². The summed E-state index contributed by atoms with van der Waals surface area (Å²) in [5.74, 6) is 0.799. The van der Waals surface area contributed by atoms with Crippen molar-refractivity contribution in [2.75, 3.05) is 6.61 Å².